The molecule has 0 N–H and O–H groups in total. The van der Waals surface area contributed by atoms with Crippen LogP contribution in [0.1, 0.15) is 39.0 Å². The van der Waals surface area contributed by atoms with Gasteiger partial charge in [-0.3, -0.25) is 0 Å². The Hall–Kier alpha value is 0. The molecule has 4 rings (SSSR count). The van der Waals surface area contributed by atoms with Gasteiger partial charge < -0.3 is 0 Å². The normalized spacial score (nSPS) is 63.2. The van der Waals surface area contributed by atoms with E-state index < -0.39 is 0 Å². The van der Waals surface area contributed by atoms with Gasteiger partial charge in [-0.15, -0.1) is 0 Å². The molecule has 0 aromatic carbocycles. The van der Waals surface area contributed by atoms with Gasteiger partial charge in [0.15, 0.2) is 0 Å². The molecule has 0 amide bonds. The lowest BCUT2D eigenvalue weighted by Gasteiger charge is -2.30. The van der Waals surface area contributed by atoms with E-state index in [4.69, 9.17) is 0 Å². The fourth-order valence-electron chi connectivity index (χ4n) is 5.19. The summed E-state index contributed by atoms with van der Waals surface area (Å²) in [6.45, 7) is 2.56. The molecule has 5 unspecified atom stereocenters. The van der Waals surface area contributed by atoms with Gasteiger partial charge in [-0.1, -0.05) is 13.3 Å². The van der Waals surface area contributed by atoms with Crippen LogP contribution in [0.2, 0.25) is 0 Å². The molecule has 0 aliphatic heterocycles. The zero-order chi connectivity index (χ0) is 7.92. The third kappa shape index (κ3) is 0.482. The molecule has 0 bridgehead atoms. The molecule has 0 saturated heterocycles. The summed E-state index contributed by atoms with van der Waals surface area (Å²) in [7, 11) is 0. The maximum atomic E-state index is 2.56. The van der Waals surface area contributed by atoms with Crippen LogP contribution < -0.4 is 0 Å². The average molecular weight is 162 g/mol. The standard InChI is InChI=1S/C12H18/c1-7-8-3-2-4-9-10(8)11(9)12(7)5-6-12/h7-11H,2-6H2,1H3. The second-order valence-electron chi connectivity index (χ2n) is 5.88. The number of rotatable bonds is 0. The fourth-order valence-corrected chi connectivity index (χ4v) is 5.19. The van der Waals surface area contributed by atoms with Gasteiger partial charge in [0.05, 0.1) is 0 Å². The minimum absolute atomic E-state index is 0.931. The van der Waals surface area contributed by atoms with Crippen LogP contribution in [-0.4, -0.2) is 0 Å². The second-order valence-corrected chi connectivity index (χ2v) is 5.88. The summed E-state index contributed by atoms with van der Waals surface area (Å²) in [4.78, 5) is 0. The molecule has 0 nitrogen and oxygen atoms in total. The highest BCUT2D eigenvalue weighted by Crippen LogP contribution is 2.82. The highest BCUT2D eigenvalue weighted by molar-refractivity contribution is 5.24. The zero-order valence-electron chi connectivity index (χ0n) is 7.92. The number of fused-ring (bicyclic) bond motifs is 2. The highest BCUT2D eigenvalue weighted by Gasteiger charge is 2.76. The first kappa shape index (κ1) is 6.45. The second kappa shape index (κ2) is 1.63. The molecule has 0 heteroatoms. The molecule has 4 aliphatic carbocycles. The smallest absolute Gasteiger partial charge is 0.0235 e. The predicted octanol–water partition coefficient (Wildman–Crippen LogP) is 3.08. The molecule has 0 heterocycles. The molecule has 0 radical (unpaired) electrons. The van der Waals surface area contributed by atoms with E-state index in [0.29, 0.717) is 0 Å². The van der Waals surface area contributed by atoms with Crippen LogP contribution in [0.4, 0.5) is 0 Å². The molecule has 12 heavy (non-hydrogen) atoms. The quantitative estimate of drug-likeness (QED) is 0.513. The van der Waals surface area contributed by atoms with Gasteiger partial charge in [0, 0.05) is 0 Å². The van der Waals surface area contributed by atoms with Crippen molar-refractivity contribution in [1.29, 1.82) is 0 Å². The van der Waals surface area contributed by atoms with Gasteiger partial charge in [0.2, 0.25) is 0 Å². The Bertz CT molecular complexity index is 236. The molecule has 0 aromatic rings. The molecule has 1 spiro atoms. The largest absolute Gasteiger partial charge is 0.0617 e. The number of hydrogen-bond donors (Lipinski definition) is 0. The molecule has 5 atom stereocenters. The van der Waals surface area contributed by atoms with Crippen molar-refractivity contribution in [1.82, 2.24) is 0 Å². The summed E-state index contributed by atoms with van der Waals surface area (Å²) in [6.07, 6.45) is 7.94. The van der Waals surface area contributed by atoms with Crippen molar-refractivity contribution >= 4 is 0 Å². The Kier molecular flexibility index (Phi) is 0.875. The van der Waals surface area contributed by atoms with E-state index >= 15 is 0 Å². The summed E-state index contributed by atoms with van der Waals surface area (Å²) in [5, 5.41) is 0. The summed E-state index contributed by atoms with van der Waals surface area (Å²) in [6, 6.07) is 0. The molecule has 4 fully saturated rings. The van der Waals surface area contributed by atoms with E-state index in [-0.39, 0.29) is 0 Å². The summed E-state index contributed by atoms with van der Waals surface area (Å²) in [5.74, 6) is 5.99. The van der Waals surface area contributed by atoms with Gasteiger partial charge in [0.25, 0.3) is 0 Å². The van der Waals surface area contributed by atoms with Crippen molar-refractivity contribution in [2.75, 3.05) is 0 Å². The third-order valence-corrected chi connectivity index (χ3v) is 5.84. The monoisotopic (exact) mass is 162 g/mol. The van der Waals surface area contributed by atoms with Crippen LogP contribution in [0.25, 0.3) is 0 Å². The van der Waals surface area contributed by atoms with Crippen molar-refractivity contribution < 1.29 is 0 Å². The Balaban J connectivity index is 1.78. The maximum Gasteiger partial charge on any atom is -0.0235 e. The fraction of sp³-hybridized carbons (Fsp3) is 1.00. The molecule has 4 aliphatic rings. The van der Waals surface area contributed by atoms with Gasteiger partial charge >= 0.3 is 0 Å². The zero-order valence-corrected chi connectivity index (χ0v) is 7.92. The Labute approximate surface area is 74.7 Å². The van der Waals surface area contributed by atoms with Crippen molar-refractivity contribution in [3.05, 3.63) is 0 Å². The van der Waals surface area contributed by atoms with E-state index in [1.54, 1.807) is 32.1 Å². The van der Waals surface area contributed by atoms with E-state index in [2.05, 4.69) is 6.92 Å². The highest BCUT2D eigenvalue weighted by atomic mass is 14.8. The van der Waals surface area contributed by atoms with Crippen LogP contribution in [0.5, 0.6) is 0 Å². The first-order valence-electron chi connectivity index (χ1n) is 5.84. The molecule has 0 aromatic heterocycles. The Morgan fingerprint density at radius 3 is 2.50 bits per heavy atom. The Morgan fingerprint density at radius 1 is 1.08 bits per heavy atom. The minimum Gasteiger partial charge on any atom is -0.0617 e. The predicted molar refractivity (Wildman–Crippen MR) is 48.6 cm³/mol. The summed E-state index contributed by atoms with van der Waals surface area (Å²) >= 11 is 0. The lowest BCUT2D eigenvalue weighted by molar-refractivity contribution is 0.186. The van der Waals surface area contributed by atoms with Crippen molar-refractivity contribution in [3.63, 3.8) is 0 Å². The SMILES string of the molecule is CC1C2CCCC3C2C3C12CC2. The lowest BCUT2D eigenvalue weighted by Crippen LogP contribution is -2.23. The van der Waals surface area contributed by atoms with Crippen LogP contribution in [0, 0.1) is 35.0 Å². The van der Waals surface area contributed by atoms with Crippen LogP contribution in [0.15, 0.2) is 0 Å². The van der Waals surface area contributed by atoms with Gasteiger partial charge in [-0.2, -0.15) is 0 Å². The van der Waals surface area contributed by atoms with E-state index in [0.717, 1.165) is 11.3 Å². The van der Waals surface area contributed by atoms with E-state index in [1.807, 2.05) is 0 Å². The van der Waals surface area contributed by atoms with Crippen LogP contribution >= 0.6 is 0 Å². The lowest BCUT2D eigenvalue weighted by atomic mass is 9.75. The van der Waals surface area contributed by atoms with Gasteiger partial charge in [0.1, 0.15) is 0 Å². The maximum absolute atomic E-state index is 2.56. The van der Waals surface area contributed by atoms with Gasteiger partial charge in [-0.05, 0) is 60.7 Å². The van der Waals surface area contributed by atoms with E-state index in [1.165, 1.54) is 23.7 Å². The van der Waals surface area contributed by atoms with Crippen LogP contribution in [-0.2, 0) is 0 Å². The van der Waals surface area contributed by atoms with Crippen molar-refractivity contribution in [3.8, 4) is 0 Å². The average Bonchev–Trinajstić information content (AvgIpc) is 2.92. The van der Waals surface area contributed by atoms with Gasteiger partial charge in [-0.25, -0.2) is 0 Å². The molecular weight excluding hydrogens is 144 g/mol. The molecule has 66 valence electrons. The first-order valence-corrected chi connectivity index (χ1v) is 5.84. The Morgan fingerprint density at radius 2 is 1.83 bits per heavy atom. The summed E-state index contributed by atoms with van der Waals surface area (Å²) < 4.78 is 0. The van der Waals surface area contributed by atoms with Crippen molar-refractivity contribution in [2.24, 2.45) is 35.0 Å². The molecular formula is C12H18. The van der Waals surface area contributed by atoms with Crippen LogP contribution in [0.3, 0.4) is 0 Å². The molecule has 4 saturated carbocycles. The number of hydrogen-bond acceptors (Lipinski definition) is 0. The summed E-state index contributed by atoms with van der Waals surface area (Å²) in [5.41, 5.74) is 0.931. The van der Waals surface area contributed by atoms with E-state index in [9.17, 15) is 0 Å². The minimum atomic E-state index is 0.931. The topological polar surface area (TPSA) is 0 Å². The third-order valence-electron chi connectivity index (χ3n) is 5.84. The van der Waals surface area contributed by atoms with Crippen molar-refractivity contribution in [2.45, 2.75) is 39.0 Å². The first-order chi connectivity index (χ1) is 5.84.